The van der Waals surface area contributed by atoms with E-state index in [-0.39, 0.29) is 24.7 Å². The zero-order valence-corrected chi connectivity index (χ0v) is 15.0. The maximum atomic E-state index is 13.7. The number of rotatable bonds is 6. The topological polar surface area (TPSA) is 70.7 Å². The summed E-state index contributed by atoms with van der Waals surface area (Å²) in [6.07, 6.45) is 0. The van der Waals surface area contributed by atoms with Gasteiger partial charge in [0.05, 0.1) is 13.7 Å². The van der Waals surface area contributed by atoms with Crippen LogP contribution in [0, 0.1) is 12.7 Å². The number of carbonyl (C=O) groups is 2. The molecule has 0 saturated carbocycles. The van der Waals surface area contributed by atoms with Crippen LogP contribution in [0.2, 0.25) is 0 Å². The molecule has 7 heteroatoms. The second-order valence-electron chi connectivity index (χ2n) is 5.90. The quantitative estimate of drug-likeness (QED) is 0.833. The van der Waals surface area contributed by atoms with Crippen molar-refractivity contribution in [1.29, 1.82) is 0 Å². The van der Waals surface area contributed by atoms with Gasteiger partial charge in [-0.15, -0.1) is 0 Å². The molecule has 0 fully saturated rings. The van der Waals surface area contributed by atoms with Crippen molar-refractivity contribution in [3.05, 3.63) is 59.4 Å². The smallest absolute Gasteiger partial charge is 0.319 e. The fourth-order valence-corrected chi connectivity index (χ4v) is 2.36. The molecule has 0 saturated heterocycles. The number of hydrogen-bond donors (Lipinski definition) is 2. The number of nitrogens with zero attached hydrogens (tertiary/aromatic N) is 1. The molecular weight excluding hydrogens is 337 g/mol. The second kappa shape index (κ2) is 8.84. The number of ether oxygens (including phenoxy) is 1. The average Bonchev–Trinajstić information content (AvgIpc) is 2.59. The highest BCUT2D eigenvalue weighted by molar-refractivity contribution is 5.92. The summed E-state index contributed by atoms with van der Waals surface area (Å²) >= 11 is 0. The Balaban J connectivity index is 1.83. The van der Waals surface area contributed by atoms with Gasteiger partial charge < -0.3 is 20.3 Å². The first kappa shape index (κ1) is 19.2. The molecule has 0 bridgehead atoms. The zero-order valence-electron chi connectivity index (χ0n) is 15.0. The summed E-state index contributed by atoms with van der Waals surface area (Å²) in [7, 11) is 2.98. The Morgan fingerprint density at radius 3 is 2.62 bits per heavy atom. The van der Waals surface area contributed by atoms with E-state index in [1.807, 2.05) is 25.1 Å². The number of carbonyl (C=O) groups excluding carboxylic acids is 2. The van der Waals surface area contributed by atoms with E-state index in [1.54, 1.807) is 19.2 Å². The highest BCUT2D eigenvalue weighted by Gasteiger charge is 2.12. The molecule has 138 valence electrons. The molecule has 2 aromatic carbocycles. The summed E-state index contributed by atoms with van der Waals surface area (Å²) in [5.74, 6) is -0.626. The van der Waals surface area contributed by atoms with Crippen molar-refractivity contribution >= 4 is 17.6 Å². The van der Waals surface area contributed by atoms with E-state index >= 15 is 0 Å². The van der Waals surface area contributed by atoms with Crippen molar-refractivity contribution in [3.8, 4) is 5.75 Å². The highest BCUT2D eigenvalue weighted by atomic mass is 19.1. The molecule has 0 aliphatic heterocycles. The van der Waals surface area contributed by atoms with Gasteiger partial charge in [0.1, 0.15) is 0 Å². The van der Waals surface area contributed by atoms with Crippen molar-refractivity contribution < 1.29 is 18.7 Å². The monoisotopic (exact) mass is 359 g/mol. The van der Waals surface area contributed by atoms with Gasteiger partial charge in [0, 0.05) is 19.3 Å². The molecule has 26 heavy (non-hydrogen) atoms. The van der Waals surface area contributed by atoms with E-state index in [0.717, 1.165) is 5.56 Å². The van der Waals surface area contributed by atoms with Crippen LogP contribution in [-0.2, 0) is 11.3 Å². The van der Waals surface area contributed by atoms with Gasteiger partial charge in [-0.05, 0) is 42.3 Å². The number of benzene rings is 2. The molecule has 0 radical (unpaired) electrons. The van der Waals surface area contributed by atoms with Crippen molar-refractivity contribution in [1.82, 2.24) is 10.2 Å². The second-order valence-corrected chi connectivity index (χ2v) is 5.90. The summed E-state index contributed by atoms with van der Waals surface area (Å²) in [5.41, 5.74) is 2.30. The van der Waals surface area contributed by atoms with Crippen LogP contribution in [-0.4, -0.2) is 37.5 Å². The fraction of sp³-hybridized carbons (Fsp3) is 0.263. The van der Waals surface area contributed by atoms with Gasteiger partial charge >= 0.3 is 6.03 Å². The van der Waals surface area contributed by atoms with Crippen molar-refractivity contribution in [2.45, 2.75) is 13.5 Å². The first-order valence-corrected chi connectivity index (χ1v) is 8.07. The van der Waals surface area contributed by atoms with Gasteiger partial charge in [-0.1, -0.05) is 18.2 Å². The van der Waals surface area contributed by atoms with Gasteiger partial charge in [0.15, 0.2) is 11.6 Å². The summed E-state index contributed by atoms with van der Waals surface area (Å²) in [6, 6.07) is 11.4. The number of amides is 3. The number of urea groups is 1. The minimum atomic E-state index is -0.485. The van der Waals surface area contributed by atoms with Crippen LogP contribution in [0.1, 0.15) is 11.1 Å². The van der Waals surface area contributed by atoms with Crippen LogP contribution >= 0.6 is 0 Å². The van der Waals surface area contributed by atoms with Crippen molar-refractivity contribution in [3.63, 3.8) is 0 Å². The molecule has 0 spiro atoms. The number of aryl methyl sites for hydroxylation is 1. The number of hydrogen-bond acceptors (Lipinski definition) is 3. The molecular formula is C19H22FN3O3. The first-order valence-electron chi connectivity index (χ1n) is 8.07. The average molecular weight is 359 g/mol. The molecule has 0 aromatic heterocycles. The van der Waals surface area contributed by atoms with Gasteiger partial charge in [0.25, 0.3) is 0 Å². The lowest BCUT2D eigenvalue weighted by atomic mass is 10.2. The van der Waals surface area contributed by atoms with E-state index in [9.17, 15) is 14.0 Å². The third kappa shape index (κ3) is 5.47. The van der Waals surface area contributed by atoms with Crippen LogP contribution in [0.3, 0.4) is 0 Å². The van der Waals surface area contributed by atoms with Gasteiger partial charge in [-0.3, -0.25) is 4.79 Å². The Bertz CT molecular complexity index is 795. The lowest BCUT2D eigenvalue weighted by Gasteiger charge is -2.18. The van der Waals surface area contributed by atoms with Crippen LogP contribution in [0.25, 0.3) is 0 Å². The van der Waals surface area contributed by atoms with E-state index < -0.39 is 11.8 Å². The lowest BCUT2D eigenvalue weighted by Crippen LogP contribution is -2.39. The number of halogens is 1. The highest BCUT2D eigenvalue weighted by Crippen LogP contribution is 2.18. The minimum absolute atomic E-state index is 0.150. The SMILES string of the molecule is COc1ccc(CN(C)C(=O)CNC(=O)Nc2cccc(C)c2)cc1F. The van der Waals surface area contributed by atoms with Crippen molar-refractivity contribution in [2.24, 2.45) is 0 Å². The number of methoxy groups -OCH3 is 1. The molecule has 2 rings (SSSR count). The van der Waals surface area contributed by atoms with Crippen LogP contribution < -0.4 is 15.4 Å². The lowest BCUT2D eigenvalue weighted by molar-refractivity contribution is -0.129. The predicted molar refractivity (Wildman–Crippen MR) is 97.6 cm³/mol. The summed E-state index contributed by atoms with van der Waals surface area (Å²) in [4.78, 5) is 25.4. The Labute approximate surface area is 152 Å². The van der Waals surface area contributed by atoms with Gasteiger partial charge in [0.2, 0.25) is 5.91 Å². The van der Waals surface area contributed by atoms with E-state index in [4.69, 9.17) is 4.74 Å². The van der Waals surface area contributed by atoms with Crippen LogP contribution in [0.15, 0.2) is 42.5 Å². The largest absolute Gasteiger partial charge is 0.494 e. The standard InChI is InChI=1S/C19H22FN3O3/c1-13-5-4-6-15(9-13)22-19(25)21-11-18(24)23(2)12-14-7-8-17(26-3)16(20)10-14/h4-10H,11-12H2,1-3H3,(H2,21,22,25). The Hall–Kier alpha value is -3.09. The first-order chi connectivity index (χ1) is 12.4. The number of likely N-dealkylation sites (N-methyl/N-ethyl adjacent to an activating group) is 1. The number of anilines is 1. The normalized spacial score (nSPS) is 10.2. The molecule has 6 nitrogen and oxygen atoms in total. The predicted octanol–water partition coefficient (Wildman–Crippen LogP) is 2.92. The molecule has 0 heterocycles. The molecule has 2 aromatic rings. The fourth-order valence-electron chi connectivity index (χ4n) is 2.36. The molecule has 2 N–H and O–H groups in total. The Kier molecular flexibility index (Phi) is 6.54. The Morgan fingerprint density at radius 1 is 1.19 bits per heavy atom. The molecule has 0 aliphatic carbocycles. The maximum Gasteiger partial charge on any atom is 0.319 e. The van der Waals surface area contributed by atoms with E-state index in [0.29, 0.717) is 11.3 Å². The summed E-state index contributed by atoms with van der Waals surface area (Å²) in [6.45, 7) is 1.98. The van der Waals surface area contributed by atoms with Crippen molar-refractivity contribution in [2.75, 3.05) is 26.0 Å². The molecule has 0 unspecified atom stereocenters. The number of nitrogens with one attached hydrogen (secondary N) is 2. The van der Waals surface area contributed by atoms with Gasteiger partial charge in [-0.2, -0.15) is 0 Å². The molecule has 0 atom stereocenters. The molecule has 3 amide bonds. The summed E-state index contributed by atoms with van der Waals surface area (Å²) < 4.78 is 18.6. The third-order valence-electron chi connectivity index (χ3n) is 3.74. The summed E-state index contributed by atoms with van der Waals surface area (Å²) in [5, 5.41) is 5.17. The molecule has 0 aliphatic rings. The van der Waals surface area contributed by atoms with Crippen LogP contribution in [0.5, 0.6) is 5.75 Å². The maximum absolute atomic E-state index is 13.7. The van der Waals surface area contributed by atoms with Gasteiger partial charge in [-0.25, -0.2) is 9.18 Å². The third-order valence-corrected chi connectivity index (χ3v) is 3.74. The minimum Gasteiger partial charge on any atom is -0.494 e. The van der Waals surface area contributed by atoms with E-state index in [1.165, 1.54) is 24.1 Å². The van der Waals surface area contributed by atoms with Crippen LogP contribution in [0.4, 0.5) is 14.9 Å². The zero-order chi connectivity index (χ0) is 19.1. The van der Waals surface area contributed by atoms with E-state index in [2.05, 4.69) is 10.6 Å². The Morgan fingerprint density at radius 2 is 1.96 bits per heavy atom.